The second-order valence-corrected chi connectivity index (χ2v) is 3.72. The zero-order valence-electron chi connectivity index (χ0n) is 8.69. The highest BCUT2D eigenvalue weighted by Crippen LogP contribution is 2.33. The second kappa shape index (κ2) is 4.97. The van der Waals surface area contributed by atoms with E-state index in [-0.39, 0.29) is 22.1 Å². The predicted octanol–water partition coefficient (Wildman–Crippen LogP) is 4.08. The molecule has 0 unspecified atom stereocenters. The highest BCUT2D eigenvalue weighted by molar-refractivity contribution is 6.32. The Bertz CT molecular complexity index is 555. The van der Waals surface area contributed by atoms with Gasteiger partial charge in [0.25, 0.3) is 0 Å². The van der Waals surface area contributed by atoms with Crippen molar-refractivity contribution in [3.05, 3.63) is 58.9 Å². The van der Waals surface area contributed by atoms with Crippen LogP contribution in [-0.2, 0) is 0 Å². The number of benzene rings is 2. The monoisotopic (exact) mass is 250 g/mol. The van der Waals surface area contributed by atoms with Crippen LogP contribution in [0.5, 0.6) is 11.5 Å². The van der Waals surface area contributed by atoms with Crippen LogP contribution in [0.1, 0.15) is 10.4 Å². The predicted molar refractivity (Wildman–Crippen MR) is 63.3 cm³/mol. The molecule has 0 aliphatic heterocycles. The molecule has 17 heavy (non-hydrogen) atoms. The number of carbonyl (C=O) groups is 1. The first-order chi connectivity index (χ1) is 8.22. The van der Waals surface area contributed by atoms with Crippen molar-refractivity contribution < 1.29 is 13.9 Å². The van der Waals surface area contributed by atoms with E-state index in [0.29, 0.717) is 6.29 Å². The molecule has 0 radical (unpaired) electrons. The Balaban J connectivity index is 2.43. The average molecular weight is 251 g/mol. The molecule has 86 valence electrons. The van der Waals surface area contributed by atoms with Crippen molar-refractivity contribution in [2.45, 2.75) is 0 Å². The Kier molecular flexibility index (Phi) is 3.40. The molecule has 0 N–H and O–H groups in total. The van der Waals surface area contributed by atoms with Gasteiger partial charge in [-0.1, -0.05) is 29.8 Å². The number of halogens is 2. The number of rotatable bonds is 3. The van der Waals surface area contributed by atoms with E-state index < -0.39 is 5.82 Å². The first-order valence-corrected chi connectivity index (χ1v) is 5.26. The molecule has 2 nitrogen and oxygen atoms in total. The summed E-state index contributed by atoms with van der Waals surface area (Å²) in [5.74, 6) is -0.317. The molecule has 0 aliphatic rings. The van der Waals surface area contributed by atoms with Crippen LogP contribution < -0.4 is 4.74 Å². The largest absolute Gasteiger partial charge is 0.452 e. The first-order valence-electron chi connectivity index (χ1n) is 4.88. The van der Waals surface area contributed by atoms with Gasteiger partial charge in [-0.3, -0.25) is 4.79 Å². The van der Waals surface area contributed by atoms with Crippen LogP contribution in [0.3, 0.4) is 0 Å². The topological polar surface area (TPSA) is 26.3 Å². The van der Waals surface area contributed by atoms with Crippen LogP contribution >= 0.6 is 11.6 Å². The summed E-state index contributed by atoms with van der Waals surface area (Å²) in [4.78, 5) is 10.8. The van der Waals surface area contributed by atoms with Crippen LogP contribution in [0.25, 0.3) is 0 Å². The maximum Gasteiger partial charge on any atom is 0.165 e. The fraction of sp³-hybridized carbons (Fsp3) is 0. The minimum Gasteiger partial charge on any atom is -0.452 e. The summed E-state index contributed by atoms with van der Waals surface area (Å²) in [6.07, 6.45) is 0.613. The van der Waals surface area contributed by atoms with E-state index >= 15 is 0 Å². The van der Waals surface area contributed by atoms with E-state index in [9.17, 15) is 9.18 Å². The van der Waals surface area contributed by atoms with Crippen molar-refractivity contribution in [3.8, 4) is 11.5 Å². The van der Waals surface area contributed by atoms with E-state index in [1.54, 1.807) is 30.3 Å². The van der Waals surface area contributed by atoms with Gasteiger partial charge in [-0.05, 0) is 24.3 Å². The molecule has 0 spiro atoms. The van der Waals surface area contributed by atoms with Gasteiger partial charge in [-0.25, -0.2) is 4.39 Å². The molecule has 0 aliphatic carbocycles. The second-order valence-electron chi connectivity index (χ2n) is 3.31. The van der Waals surface area contributed by atoms with Gasteiger partial charge in [0.15, 0.2) is 23.6 Å². The average Bonchev–Trinajstić information content (AvgIpc) is 2.34. The summed E-state index contributed by atoms with van der Waals surface area (Å²) in [5.41, 5.74) is 0.278. The summed E-state index contributed by atoms with van der Waals surface area (Å²) in [5, 5.41) is 0.262. The third-order valence-corrected chi connectivity index (χ3v) is 2.47. The lowest BCUT2D eigenvalue weighted by Crippen LogP contribution is -1.93. The highest BCUT2D eigenvalue weighted by atomic mass is 35.5. The van der Waals surface area contributed by atoms with Crippen molar-refractivity contribution in [2.75, 3.05) is 0 Å². The van der Waals surface area contributed by atoms with E-state index in [2.05, 4.69) is 0 Å². The Morgan fingerprint density at radius 2 is 1.88 bits per heavy atom. The molecule has 0 aromatic heterocycles. The van der Waals surface area contributed by atoms with E-state index in [4.69, 9.17) is 16.3 Å². The van der Waals surface area contributed by atoms with Crippen molar-refractivity contribution >= 4 is 17.9 Å². The van der Waals surface area contributed by atoms with Crippen LogP contribution in [0.15, 0.2) is 42.5 Å². The van der Waals surface area contributed by atoms with Gasteiger partial charge in [-0.2, -0.15) is 0 Å². The van der Waals surface area contributed by atoms with E-state index in [0.717, 1.165) is 0 Å². The molecule has 0 saturated carbocycles. The third-order valence-electron chi connectivity index (χ3n) is 2.17. The van der Waals surface area contributed by atoms with Crippen molar-refractivity contribution in [1.82, 2.24) is 0 Å². The SMILES string of the molecule is O=Cc1cccc(Cl)c1Oc1ccccc1F. The Morgan fingerprint density at radius 3 is 2.59 bits per heavy atom. The van der Waals surface area contributed by atoms with Crippen molar-refractivity contribution in [2.24, 2.45) is 0 Å². The summed E-state index contributed by atoms with van der Waals surface area (Å²) in [6.45, 7) is 0. The van der Waals surface area contributed by atoms with Crippen LogP contribution in [0.4, 0.5) is 4.39 Å². The molecular weight excluding hydrogens is 243 g/mol. The van der Waals surface area contributed by atoms with Gasteiger partial charge in [0.2, 0.25) is 0 Å². The van der Waals surface area contributed by atoms with Crippen LogP contribution in [0.2, 0.25) is 5.02 Å². The van der Waals surface area contributed by atoms with E-state index in [1.165, 1.54) is 12.1 Å². The summed E-state index contributed by atoms with van der Waals surface area (Å²) in [7, 11) is 0. The fourth-order valence-corrected chi connectivity index (χ4v) is 1.58. The number of aldehydes is 1. The van der Waals surface area contributed by atoms with Gasteiger partial charge >= 0.3 is 0 Å². The third kappa shape index (κ3) is 2.45. The Morgan fingerprint density at radius 1 is 1.12 bits per heavy atom. The van der Waals surface area contributed by atoms with Gasteiger partial charge in [0.1, 0.15) is 0 Å². The maximum absolute atomic E-state index is 13.4. The number of para-hydroxylation sites is 2. The molecule has 4 heteroatoms. The summed E-state index contributed by atoms with van der Waals surface area (Å²) in [6, 6.07) is 10.7. The smallest absolute Gasteiger partial charge is 0.165 e. The van der Waals surface area contributed by atoms with Crippen molar-refractivity contribution in [3.63, 3.8) is 0 Å². The maximum atomic E-state index is 13.4. The molecule has 0 atom stereocenters. The van der Waals surface area contributed by atoms with Gasteiger partial charge in [-0.15, -0.1) is 0 Å². The van der Waals surface area contributed by atoms with Gasteiger partial charge in [0, 0.05) is 0 Å². The molecule has 0 saturated heterocycles. The standard InChI is InChI=1S/C13H8ClFO2/c14-10-5-3-4-9(8-16)13(10)17-12-7-2-1-6-11(12)15/h1-8H. The minimum absolute atomic E-state index is 0.0312. The summed E-state index contributed by atoms with van der Waals surface area (Å²) >= 11 is 5.90. The lowest BCUT2D eigenvalue weighted by atomic mass is 10.2. The number of carbonyl (C=O) groups excluding carboxylic acids is 1. The molecule has 2 rings (SSSR count). The lowest BCUT2D eigenvalue weighted by molar-refractivity contribution is 0.112. The zero-order chi connectivity index (χ0) is 12.3. The van der Waals surface area contributed by atoms with Gasteiger partial charge < -0.3 is 4.74 Å². The zero-order valence-corrected chi connectivity index (χ0v) is 9.45. The first kappa shape index (κ1) is 11.6. The molecular formula is C13H8ClFO2. The number of hydrogen-bond donors (Lipinski definition) is 0. The van der Waals surface area contributed by atoms with Crippen LogP contribution in [0, 0.1) is 5.82 Å². The molecule has 2 aromatic carbocycles. The molecule has 0 fully saturated rings. The molecule has 2 aromatic rings. The molecule has 0 amide bonds. The Labute approximate surface area is 103 Å². The molecule has 0 bridgehead atoms. The number of hydrogen-bond acceptors (Lipinski definition) is 2. The normalized spacial score (nSPS) is 10.0. The number of ether oxygens (including phenoxy) is 1. The van der Waals surface area contributed by atoms with E-state index in [1.807, 2.05) is 0 Å². The lowest BCUT2D eigenvalue weighted by Gasteiger charge is -2.10. The van der Waals surface area contributed by atoms with Crippen LogP contribution in [-0.4, -0.2) is 6.29 Å². The summed E-state index contributed by atoms with van der Waals surface area (Å²) < 4.78 is 18.7. The molecule has 0 heterocycles. The van der Waals surface area contributed by atoms with Gasteiger partial charge in [0.05, 0.1) is 10.6 Å². The Hall–Kier alpha value is -1.87. The van der Waals surface area contributed by atoms with Crippen molar-refractivity contribution in [1.29, 1.82) is 0 Å². The highest BCUT2D eigenvalue weighted by Gasteiger charge is 2.11. The minimum atomic E-state index is -0.510. The quantitative estimate of drug-likeness (QED) is 0.767. The fourth-order valence-electron chi connectivity index (χ4n) is 1.36.